The van der Waals surface area contributed by atoms with Crippen LogP contribution >= 0.6 is 0 Å². The lowest BCUT2D eigenvalue weighted by Gasteiger charge is -2.19. The zero-order valence-electron chi connectivity index (χ0n) is 22.4. The highest BCUT2D eigenvalue weighted by atomic mass is 15.2. The molecule has 8 heterocycles. The van der Waals surface area contributed by atoms with Crippen LogP contribution in [0.1, 0.15) is 23.7 Å². The van der Waals surface area contributed by atoms with E-state index in [4.69, 9.17) is 0 Å². The van der Waals surface area contributed by atoms with Crippen molar-refractivity contribution in [1.82, 2.24) is 29.9 Å². The minimum absolute atomic E-state index is 0.125. The predicted molar refractivity (Wildman–Crippen MR) is 163 cm³/mol. The highest BCUT2D eigenvalue weighted by molar-refractivity contribution is 5.84. The summed E-state index contributed by atoms with van der Waals surface area (Å²) in [5, 5.41) is 13.8. The summed E-state index contributed by atoms with van der Waals surface area (Å²) in [7, 11) is 0. The van der Waals surface area contributed by atoms with Gasteiger partial charge in [0.05, 0.1) is 34.1 Å². The molecular weight excluding hydrogens is 524 g/mol. The van der Waals surface area contributed by atoms with Crippen molar-refractivity contribution in [3.8, 4) is 22.8 Å². The van der Waals surface area contributed by atoms with Gasteiger partial charge in [-0.15, -0.1) is 0 Å². The molecule has 0 bridgehead atoms. The molecule has 0 unspecified atom stereocenters. The first kappa shape index (κ1) is 25.1. The maximum absolute atomic E-state index is 4.46. The first-order chi connectivity index (χ1) is 20.8. The fourth-order valence-corrected chi connectivity index (χ4v) is 4.93. The van der Waals surface area contributed by atoms with Crippen molar-refractivity contribution in [2.75, 3.05) is 21.3 Å². The summed E-state index contributed by atoms with van der Waals surface area (Å²) in [5.74, 6) is 0. The minimum Gasteiger partial charge on any atom is -0.359 e. The Balaban J connectivity index is 0.000000137. The Morgan fingerprint density at radius 1 is 0.333 bits per heavy atom. The molecular formula is C32H26N10. The fraction of sp³-hybridized carbons (Fsp3) is 0.0625. The van der Waals surface area contributed by atoms with Gasteiger partial charge >= 0.3 is 0 Å². The molecule has 2 aliphatic rings. The van der Waals surface area contributed by atoms with E-state index < -0.39 is 0 Å². The van der Waals surface area contributed by atoms with Gasteiger partial charge in [0, 0.05) is 37.2 Å². The molecule has 10 nitrogen and oxygen atoms in total. The second-order valence-corrected chi connectivity index (χ2v) is 9.55. The van der Waals surface area contributed by atoms with Crippen molar-refractivity contribution in [3.63, 3.8) is 0 Å². The normalized spacial score (nSPS) is 13.3. The van der Waals surface area contributed by atoms with Gasteiger partial charge in [0.2, 0.25) is 0 Å². The Morgan fingerprint density at radius 3 is 0.929 bits per heavy atom. The Kier molecular flexibility index (Phi) is 6.75. The number of fused-ring (bicyclic) bond motifs is 6. The number of nitrogens with one attached hydrogen (secondary N) is 4. The van der Waals surface area contributed by atoms with E-state index in [0.29, 0.717) is 0 Å². The van der Waals surface area contributed by atoms with E-state index in [-0.39, 0.29) is 12.3 Å². The van der Waals surface area contributed by atoms with Gasteiger partial charge in [-0.2, -0.15) is 0 Å². The number of hydrogen-bond donors (Lipinski definition) is 4. The Morgan fingerprint density at radius 2 is 0.643 bits per heavy atom. The summed E-state index contributed by atoms with van der Waals surface area (Å²) >= 11 is 0. The molecule has 0 atom stereocenters. The van der Waals surface area contributed by atoms with Crippen LogP contribution in [-0.4, -0.2) is 29.9 Å². The number of pyridine rings is 6. The van der Waals surface area contributed by atoms with E-state index in [2.05, 4.69) is 51.2 Å². The lowest BCUT2D eigenvalue weighted by molar-refractivity contribution is 0.859. The molecule has 10 heteroatoms. The van der Waals surface area contributed by atoms with Crippen LogP contribution in [-0.2, 0) is 0 Å². The Labute approximate surface area is 242 Å². The van der Waals surface area contributed by atoms with Crippen molar-refractivity contribution in [1.29, 1.82) is 0 Å². The molecule has 8 rings (SSSR count). The number of hydrogen-bond acceptors (Lipinski definition) is 10. The van der Waals surface area contributed by atoms with Crippen molar-refractivity contribution >= 4 is 22.7 Å². The molecule has 4 N–H and O–H groups in total. The Bertz CT molecular complexity index is 1580. The molecule has 204 valence electrons. The largest absolute Gasteiger partial charge is 0.359 e. The third-order valence-electron chi connectivity index (χ3n) is 6.85. The van der Waals surface area contributed by atoms with Crippen molar-refractivity contribution in [3.05, 3.63) is 133 Å². The van der Waals surface area contributed by atoms with Crippen molar-refractivity contribution in [2.45, 2.75) is 12.3 Å². The number of rotatable bonds is 2. The van der Waals surface area contributed by atoms with E-state index in [9.17, 15) is 0 Å². The van der Waals surface area contributed by atoms with E-state index in [1.165, 1.54) is 0 Å². The zero-order valence-corrected chi connectivity index (χ0v) is 22.4. The maximum atomic E-state index is 4.46. The van der Waals surface area contributed by atoms with Gasteiger partial charge < -0.3 is 21.3 Å². The van der Waals surface area contributed by atoms with Crippen LogP contribution in [0.15, 0.2) is 122 Å². The quantitative estimate of drug-likeness (QED) is 0.199. The Hall–Kier alpha value is -5.90. The van der Waals surface area contributed by atoms with Crippen LogP contribution in [0.3, 0.4) is 0 Å². The van der Waals surface area contributed by atoms with Crippen LogP contribution in [0.2, 0.25) is 0 Å². The van der Waals surface area contributed by atoms with Crippen LogP contribution in [0, 0.1) is 0 Å². The van der Waals surface area contributed by atoms with E-state index in [1.807, 2.05) is 84.9 Å². The van der Waals surface area contributed by atoms with Gasteiger partial charge in [-0.3, -0.25) is 29.9 Å². The van der Waals surface area contributed by atoms with Crippen LogP contribution in [0.25, 0.3) is 22.8 Å². The summed E-state index contributed by atoms with van der Waals surface area (Å²) in [5.41, 5.74) is 9.00. The average Bonchev–Trinajstić information content (AvgIpc) is 3.34. The fourth-order valence-electron chi connectivity index (χ4n) is 4.93. The molecule has 2 aliphatic heterocycles. The standard InChI is InChI=1S/2C16H13N5/c2*1-2-8-17-13(5-1)16-20-11-6-3-9-18-14(11)15-12(21-16)7-4-10-19-15/h2*1-10,16,20-21H. The summed E-state index contributed by atoms with van der Waals surface area (Å²) in [6, 6.07) is 27.4. The van der Waals surface area contributed by atoms with Crippen LogP contribution < -0.4 is 21.3 Å². The van der Waals surface area contributed by atoms with Crippen molar-refractivity contribution in [2.24, 2.45) is 0 Å². The lowest BCUT2D eigenvalue weighted by atomic mass is 10.2. The molecule has 0 aromatic carbocycles. The van der Waals surface area contributed by atoms with Gasteiger partial charge in [-0.1, -0.05) is 12.1 Å². The molecule has 6 aromatic rings. The molecule has 0 saturated carbocycles. The van der Waals surface area contributed by atoms with Gasteiger partial charge in [-0.05, 0) is 72.8 Å². The third kappa shape index (κ3) is 5.04. The summed E-state index contributed by atoms with van der Waals surface area (Å²) in [4.78, 5) is 26.7. The van der Waals surface area contributed by atoms with Gasteiger partial charge in [0.25, 0.3) is 0 Å². The van der Waals surface area contributed by atoms with Crippen molar-refractivity contribution < 1.29 is 0 Å². The number of aromatic nitrogens is 6. The monoisotopic (exact) mass is 550 g/mol. The lowest BCUT2D eigenvalue weighted by Crippen LogP contribution is -2.19. The van der Waals surface area contributed by atoms with Gasteiger partial charge in [0.15, 0.2) is 0 Å². The summed E-state index contributed by atoms with van der Waals surface area (Å²) in [6.45, 7) is 0. The van der Waals surface area contributed by atoms with E-state index in [1.54, 1.807) is 37.2 Å². The highest BCUT2D eigenvalue weighted by Gasteiger charge is 2.24. The molecule has 0 saturated heterocycles. The first-order valence-electron chi connectivity index (χ1n) is 13.5. The first-order valence-corrected chi connectivity index (χ1v) is 13.5. The zero-order chi connectivity index (χ0) is 28.1. The molecule has 0 radical (unpaired) electrons. The third-order valence-corrected chi connectivity index (χ3v) is 6.85. The average molecular weight is 551 g/mol. The summed E-state index contributed by atoms with van der Waals surface area (Å²) in [6.07, 6.45) is 10.4. The van der Waals surface area contributed by atoms with E-state index in [0.717, 1.165) is 56.9 Å². The maximum Gasteiger partial charge on any atom is 0.141 e. The van der Waals surface area contributed by atoms with Crippen LogP contribution in [0.4, 0.5) is 22.7 Å². The molecule has 0 aliphatic carbocycles. The molecule has 42 heavy (non-hydrogen) atoms. The van der Waals surface area contributed by atoms with Crippen LogP contribution in [0.5, 0.6) is 0 Å². The SMILES string of the molecule is c1ccc(C2Nc3cccnc3-c3ncccc3N2)nc1.c1ccc(C2Nc3cccnc3-c3ncccc3N2)nc1. The number of nitrogens with zero attached hydrogens (tertiary/aromatic N) is 6. The second kappa shape index (κ2) is 11.3. The smallest absolute Gasteiger partial charge is 0.141 e. The highest BCUT2D eigenvalue weighted by Crippen LogP contribution is 2.37. The number of anilines is 4. The summed E-state index contributed by atoms with van der Waals surface area (Å²) < 4.78 is 0. The molecule has 0 fully saturated rings. The van der Waals surface area contributed by atoms with E-state index >= 15 is 0 Å². The molecule has 6 aromatic heterocycles. The molecule has 0 spiro atoms. The van der Waals surface area contributed by atoms with Gasteiger partial charge in [-0.25, -0.2) is 0 Å². The second-order valence-electron chi connectivity index (χ2n) is 9.55. The minimum atomic E-state index is -0.125. The van der Waals surface area contributed by atoms with Gasteiger partial charge in [0.1, 0.15) is 35.1 Å². The molecule has 0 amide bonds. The predicted octanol–water partition coefficient (Wildman–Crippen LogP) is 6.15. The topological polar surface area (TPSA) is 125 Å².